The molecule has 0 radical (unpaired) electrons. The Morgan fingerprint density at radius 2 is 2.00 bits per heavy atom. The minimum atomic E-state index is -1.09. The summed E-state index contributed by atoms with van der Waals surface area (Å²) in [5.41, 5.74) is 0.318. The van der Waals surface area contributed by atoms with Crippen LogP contribution in [0.2, 0.25) is 0 Å². The molecule has 0 saturated carbocycles. The molecule has 3 N–H and O–H groups in total. The van der Waals surface area contributed by atoms with Gasteiger partial charge in [-0.25, -0.2) is 0 Å². The van der Waals surface area contributed by atoms with Gasteiger partial charge in [-0.1, -0.05) is 15.9 Å². The highest BCUT2D eigenvalue weighted by Gasteiger charge is 2.20. The van der Waals surface area contributed by atoms with E-state index in [2.05, 4.69) is 28.6 Å². The van der Waals surface area contributed by atoms with Crippen LogP contribution >= 0.6 is 28.6 Å². The van der Waals surface area contributed by atoms with Crippen LogP contribution in [0.3, 0.4) is 0 Å². The van der Waals surface area contributed by atoms with Crippen LogP contribution < -0.4 is 0 Å². The van der Waals surface area contributed by atoms with Gasteiger partial charge in [-0.05, 0) is 30.4 Å². The maximum absolute atomic E-state index is 9.76. The van der Waals surface area contributed by atoms with Crippen molar-refractivity contribution < 1.29 is 15.3 Å². The zero-order valence-electron chi connectivity index (χ0n) is 7.97. The van der Waals surface area contributed by atoms with Gasteiger partial charge in [0.15, 0.2) is 0 Å². The van der Waals surface area contributed by atoms with Crippen LogP contribution in [0, 0.1) is 0 Å². The second-order valence-corrected chi connectivity index (χ2v) is 4.59. The first-order valence-corrected chi connectivity index (χ1v) is 5.94. The fraction of sp³-hybridized carbons (Fsp3) is 0.400. The number of hydrogen-bond donors (Lipinski definition) is 4. The average molecular weight is 293 g/mol. The molecule has 5 heteroatoms. The number of benzene rings is 1. The maximum Gasteiger partial charge on any atom is 0.121 e. The van der Waals surface area contributed by atoms with Gasteiger partial charge in [-0.2, -0.15) is 12.6 Å². The normalized spacial score (nSPS) is 14.9. The summed E-state index contributed by atoms with van der Waals surface area (Å²) in [4.78, 5) is 0. The van der Waals surface area contributed by atoms with Gasteiger partial charge in [-0.15, -0.1) is 0 Å². The molecule has 0 aliphatic carbocycles. The van der Waals surface area contributed by atoms with Gasteiger partial charge in [0.2, 0.25) is 0 Å². The maximum atomic E-state index is 9.76. The van der Waals surface area contributed by atoms with Crippen LogP contribution in [0.1, 0.15) is 18.1 Å². The van der Waals surface area contributed by atoms with Gasteiger partial charge in [0.25, 0.3) is 0 Å². The summed E-state index contributed by atoms with van der Waals surface area (Å²) >= 11 is 7.20. The van der Waals surface area contributed by atoms with Gasteiger partial charge in [-0.3, -0.25) is 0 Å². The molecule has 0 aromatic heterocycles. The fourth-order valence-electron chi connectivity index (χ4n) is 1.26. The predicted molar refractivity (Wildman–Crippen MR) is 65.2 cm³/mol. The highest BCUT2D eigenvalue weighted by Crippen LogP contribution is 2.30. The summed E-state index contributed by atoms with van der Waals surface area (Å²) < 4.78 is 0.743. The number of phenols is 1. The number of phenolic OH excluding ortho intramolecular Hbond substituents is 1. The summed E-state index contributed by atoms with van der Waals surface area (Å²) in [5.74, 6) is 0.455. The molecule has 3 nitrogen and oxygen atoms in total. The minimum Gasteiger partial charge on any atom is -0.508 e. The number of aliphatic hydroxyl groups is 2. The topological polar surface area (TPSA) is 60.7 Å². The second-order valence-electron chi connectivity index (χ2n) is 3.23. The Morgan fingerprint density at radius 1 is 1.33 bits per heavy atom. The fourth-order valence-corrected chi connectivity index (χ4v) is 1.90. The Hall–Kier alpha value is -0.230. The molecule has 0 amide bonds. The van der Waals surface area contributed by atoms with E-state index in [1.807, 2.05) is 0 Å². The van der Waals surface area contributed by atoms with Crippen molar-refractivity contribution in [1.29, 1.82) is 0 Å². The predicted octanol–water partition coefficient (Wildman–Crippen LogP) is 1.87. The van der Waals surface area contributed by atoms with Crippen molar-refractivity contribution in [2.45, 2.75) is 18.6 Å². The molecule has 1 aromatic carbocycles. The van der Waals surface area contributed by atoms with Crippen LogP contribution in [0.4, 0.5) is 0 Å². The summed E-state index contributed by atoms with van der Waals surface area (Å²) in [6.45, 7) is 0. The quantitative estimate of drug-likeness (QED) is 0.641. The summed E-state index contributed by atoms with van der Waals surface area (Å²) in [5, 5.41) is 28.8. The molecule has 2 unspecified atom stereocenters. The van der Waals surface area contributed by atoms with Crippen molar-refractivity contribution in [3.63, 3.8) is 0 Å². The monoisotopic (exact) mass is 292 g/mol. The van der Waals surface area contributed by atoms with E-state index in [1.54, 1.807) is 12.1 Å². The van der Waals surface area contributed by atoms with Gasteiger partial charge in [0.1, 0.15) is 11.9 Å². The van der Waals surface area contributed by atoms with Crippen molar-refractivity contribution in [1.82, 2.24) is 0 Å². The van der Waals surface area contributed by atoms with E-state index in [-0.39, 0.29) is 5.75 Å². The standard InChI is InChI=1S/C10H13BrO3S/c11-6-1-2-8(12)7(5-6)10(14)9(13)3-4-15/h1-2,5,9-10,12-15H,3-4H2. The molecule has 2 atom stereocenters. The molecule has 0 spiro atoms. The van der Waals surface area contributed by atoms with Gasteiger partial charge < -0.3 is 15.3 Å². The van der Waals surface area contributed by atoms with Crippen molar-refractivity contribution in [3.8, 4) is 5.75 Å². The Bertz CT molecular complexity index is 332. The second kappa shape index (κ2) is 5.75. The molecule has 0 aliphatic heterocycles. The lowest BCUT2D eigenvalue weighted by Crippen LogP contribution is -2.18. The highest BCUT2D eigenvalue weighted by atomic mass is 79.9. The molecule has 1 rings (SSSR count). The van der Waals surface area contributed by atoms with E-state index in [0.29, 0.717) is 17.7 Å². The number of aromatic hydroxyl groups is 1. The molecule has 0 heterocycles. The van der Waals surface area contributed by atoms with Crippen molar-refractivity contribution >= 4 is 28.6 Å². The van der Waals surface area contributed by atoms with Gasteiger partial charge in [0, 0.05) is 10.0 Å². The molecule has 15 heavy (non-hydrogen) atoms. The zero-order chi connectivity index (χ0) is 11.4. The lowest BCUT2D eigenvalue weighted by atomic mass is 10.0. The lowest BCUT2D eigenvalue weighted by Gasteiger charge is -2.18. The number of thiol groups is 1. The van der Waals surface area contributed by atoms with Crippen LogP contribution in [0.15, 0.2) is 22.7 Å². The minimum absolute atomic E-state index is 0.0242. The Labute approximate surface area is 102 Å². The SMILES string of the molecule is Oc1ccc(Br)cc1C(O)C(O)CCS. The van der Waals surface area contributed by atoms with E-state index < -0.39 is 12.2 Å². The molecule has 0 bridgehead atoms. The Kier molecular flexibility index (Phi) is 4.92. The lowest BCUT2D eigenvalue weighted by molar-refractivity contribution is 0.0159. The Morgan fingerprint density at radius 3 is 2.60 bits per heavy atom. The number of halogens is 1. The summed E-state index contributed by atoms with van der Waals surface area (Å²) in [7, 11) is 0. The third kappa shape index (κ3) is 3.38. The molecule has 0 fully saturated rings. The summed E-state index contributed by atoms with van der Waals surface area (Å²) in [6, 6.07) is 4.72. The van der Waals surface area contributed by atoms with Crippen LogP contribution in [0.25, 0.3) is 0 Å². The van der Waals surface area contributed by atoms with Crippen molar-refractivity contribution in [2.24, 2.45) is 0 Å². The zero-order valence-corrected chi connectivity index (χ0v) is 10.4. The Balaban J connectivity index is 2.89. The van der Waals surface area contributed by atoms with Crippen LogP contribution in [0.5, 0.6) is 5.75 Å². The molecular weight excluding hydrogens is 280 g/mol. The molecule has 1 aromatic rings. The third-order valence-electron chi connectivity index (χ3n) is 2.10. The molecule has 84 valence electrons. The average Bonchev–Trinajstić information content (AvgIpc) is 2.21. The van der Waals surface area contributed by atoms with Crippen LogP contribution in [-0.2, 0) is 0 Å². The van der Waals surface area contributed by atoms with Gasteiger partial charge in [0.05, 0.1) is 6.10 Å². The summed E-state index contributed by atoms with van der Waals surface area (Å²) in [6.07, 6.45) is -1.63. The first-order chi connectivity index (χ1) is 7.06. The molecule has 0 saturated heterocycles. The molecule has 0 aliphatic rings. The van der Waals surface area contributed by atoms with E-state index in [4.69, 9.17) is 0 Å². The van der Waals surface area contributed by atoms with Crippen molar-refractivity contribution in [2.75, 3.05) is 5.75 Å². The largest absolute Gasteiger partial charge is 0.508 e. The first-order valence-electron chi connectivity index (χ1n) is 4.51. The van der Waals surface area contributed by atoms with Crippen molar-refractivity contribution in [3.05, 3.63) is 28.2 Å². The van der Waals surface area contributed by atoms with E-state index in [0.717, 1.165) is 4.47 Å². The van der Waals surface area contributed by atoms with E-state index >= 15 is 0 Å². The molecular formula is C10H13BrO3S. The van der Waals surface area contributed by atoms with Gasteiger partial charge >= 0.3 is 0 Å². The highest BCUT2D eigenvalue weighted by molar-refractivity contribution is 9.10. The number of aliphatic hydroxyl groups excluding tert-OH is 2. The first kappa shape index (κ1) is 12.8. The third-order valence-corrected chi connectivity index (χ3v) is 2.85. The number of rotatable bonds is 4. The van der Waals surface area contributed by atoms with E-state index in [1.165, 1.54) is 6.07 Å². The smallest absolute Gasteiger partial charge is 0.121 e. The van der Waals surface area contributed by atoms with Crippen LogP contribution in [-0.4, -0.2) is 27.2 Å². The van der Waals surface area contributed by atoms with E-state index in [9.17, 15) is 15.3 Å². The number of hydrogen-bond acceptors (Lipinski definition) is 4.